The van der Waals surface area contributed by atoms with Crippen LogP contribution in [0.5, 0.6) is 5.75 Å². The average Bonchev–Trinajstić information content (AvgIpc) is 2.85. The van der Waals surface area contributed by atoms with Crippen molar-refractivity contribution >= 4 is 11.8 Å². The lowest BCUT2D eigenvalue weighted by Gasteiger charge is -2.40. The summed E-state index contributed by atoms with van der Waals surface area (Å²) in [6.45, 7) is 7.06. The van der Waals surface area contributed by atoms with Gasteiger partial charge in [-0.15, -0.1) is 11.8 Å². The van der Waals surface area contributed by atoms with Crippen molar-refractivity contribution in [2.75, 3.05) is 19.5 Å². The second-order valence-corrected chi connectivity index (χ2v) is 11.2. The van der Waals surface area contributed by atoms with Crippen molar-refractivity contribution in [1.82, 2.24) is 0 Å². The number of benzene rings is 2. The van der Waals surface area contributed by atoms with Crippen LogP contribution in [-0.2, 0) is 11.2 Å². The molecule has 1 saturated heterocycles. The van der Waals surface area contributed by atoms with Gasteiger partial charge in [-0.3, -0.25) is 0 Å². The van der Waals surface area contributed by atoms with Crippen molar-refractivity contribution in [3.05, 3.63) is 64.7 Å². The van der Waals surface area contributed by atoms with Crippen molar-refractivity contribution in [2.45, 2.75) is 76.3 Å². The monoisotopic (exact) mass is 504 g/mol. The number of rotatable bonds is 11. The molecule has 2 aromatic rings. The number of hydrogen-bond donors (Lipinski definition) is 4. The van der Waals surface area contributed by atoms with Crippen LogP contribution in [0.4, 0.5) is 0 Å². The molecule has 1 fully saturated rings. The van der Waals surface area contributed by atoms with Gasteiger partial charge in [0.15, 0.2) is 0 Å². The molecule has 0 amide bonds. The van der Waals surface area contributed by atoms with Crippen molar-refractivity contribution in [1.29, 1.82) is 0 Å². The lowest BCUT2D eigenvalue weighted by molar-refractivity contribution is -0.200. The van der Waals surface area contributed by atoms with Gasteiger partial charge in [0.05, 0.1) is 6.61 Å². The number of aliphatic hydroxyl groups is 4. The zero-order valence-corrected chi connectivity index (χ0v) is 22.0. The highest BCUT2D eigenvalue weighted by molar-refractivity contribution is 7.99. The number of unbranched alkanes of at least 4 members (excludes halogenated alkanes) is 1. The molecule has 0 bridgehead atoms. The van der Waals surface area contributed by atoms with Gasteiger partial charge in [-0.2, -0.15) is 0 Å². The summed E-state index contributed by atoms with van der Waals surface area (Å²) in [5.41, 5.74) is 3.54. The first kappa shape index (κ1) is 28.0. The summed E-state index contributed by atoms with van der Waals surface area (Å²) in [7, 11) is 0. The maximum Gasteiger partial charge on any atom is 0.132 e. The maximum atomic E-state index is 10.5. The third-order valence-corrected chi connectivity index (χ3v) is 7.62. The quantitative estimate of drug-likeness (QED) is 0.343. The molecule has 2 aromatic carbocycles. The predicted octanol–water partition coefficient (Wildman–Crippen LogP) is 4.00. The summed E-state index contributed by atoms with van der Waals surface area (Å²) >= 11 is 1.31. The van der Waals surface area contributed by atoms with E-state index in [4.69, 9.17) is 9.47 Å². The first-order valence-electron chi connectivity index (χ1n) is 12.3. The van der Waals surface area contributed by atoms with Crippen LogP contribution in [0.1, 0.15) is 61.5 Å². The van der Waals surface area contributed by atoms with Gasteiger partial charge in [0.25, 0.3) is 0 Å². The molecule has 0 spiro atoms. The van der Waals surface area contributed by atoms with E-state index in [2.05, 4.69) is 32.9 Å². The minimum absolute atomic E-state index is 0.0317. The van der Waals surface area contributed by atoms with Crippen LogP contribution >= 0.6 is 11.8 Å². The van der Waals surface area contributed by atoms with Gasteiger partial charge in [0.2, 0.25) is 0 Å². The third-order valence-electron chi connectivity index (χ3n) is 6.77. The van der Waals surface area contributed by atoms with Gasteiger partial charge >= 0.3 is 0 Å². The van der Waals surface area contributed by atoms with Gasteiger partial charge in [0, 0.05) is 6.61 Å². The SMILES string of the molecule is CS[C@H]1O[C@@H](c2ccc(C)c(Cc3ccc(OCCCCC(C)(C)CO)cc3)c2)[C@H](O)[C@@H](O)[C@@H]1O. The number of thioether (sulfide) groups is 1. The van der Waals surface area contributed by atoms with E-state index in [1.54, 1.807) is 6.26 Å². The van der Waals surface area contributed by atoms with Gasteiger partial charge in [-0.1, -0.05) is 44.2 Å². The third kappa shape index (κ3) is 7.44. The zero-order valence-electron chi connectivity index (χ0n) is 21.2. The molecule has 1 heterocycles. The molecule has 0 saturated carbocycles. The molecule has 0 radical (unpaired) electrons. The van der Waals surface area contributed by atoms with Gasteiger partial charge in [-0.05, 0) is 78.7 Å². The molecular formula is C28H40O6S. The van der Waals surface area contributed by atoms with E-state index < -0.39 is 29.9 Å². The van der Waals surface area contributed by atoms with Crippen molar-refractivity contribution < 1.29 is 29.9 Å². The molecule has 0 unspecified atom stereocenters. The molecule has 7 heteroatoms. The normalized spacial score (nSPS) is 25.0. The highest BCUT2D eigenvalue weighted by atomic mass is 32.2. The van der Waals surface area contributed by atoms with E-state index in [1.807, 2.05) is 30.3 Å². The average molecular weight is 505 g/mol. The molecule has 1 aliphatic heterocycles. The maximum absolute atomic E-state index is 10.5. The van der Waals surface area contributed by atoms with Crippen LogP contribution in [0.3, 0.4) is 0 Å². The lowest BCUT2D eigenvalue weighted by atomic mass is 9.88. The Morgan fingerprint density at radius 1 is 0.971 bits per heavy atom. The Bertz CT molecular complexity index is 930. The molecular weight excluding hydrogens is 464 g/mol. The summed E-state index contributed by atoms with van der Waals surface area (Å²) in [6.07, 6.45) is 1.18. The smallest absolute Gasteiger partial charge is 0.132 e. The van der Waals surface area contributed by atoms with Crippen LogP contribution in [0, 0.1) is 12.3 Å². The standard InChI is InChI=1S/C28H40O6S/c1-18-7-10-20(26-24(31)23(30)25(32)27(34-26)35-4)16-21(18)15-19-8-11-22(12-9-19)33-14-6-5-13-28(2,3)17-29/h7-12,16,23-27,29-32H,5-6,13-15,17H2,1-4H3/t23-,24-,25+,26+,27-/m1/s1. The van der Waals surface area contributed by atoms with Crippen LogP contribution in [0.15, 0.2) is 42.5 Å². The molecule has 4 N–H and O–H groups in total. The van der Waals surface area contributed by atoms with E-state index in [-0.39, 0.29) is 12.0 Å². The summed E-state index contributed by atoms with van der Waals surface area (Å²) in [5.74, 6) is 0.843. The summed E-state index contributed by atoms with van der Waals surface area (Å²) in [6, 6.07) is 14.0. The van der Waals surface area contributed by atoms with Gasteiger partial charge < -0.3 is 29.9 Å². The fourth-order valence-corrected chi connectivity index (χ4v) is 4.95. The Morgan fingerprint density at radius 2 is 1.69 bits per heavy atom. The second kappa shape index (κ2) is 12.6. The van der Waals surface area contributed by atoms with Crippen LogP contribution in [0.2, 0.25) is 0 Å². The Morgan fingerprint density at radius 3 is 2.34 bits per heavy atom. The predicted molar refractivity (Wildman–Crippen MR) is 140 cm³/mol. The van der Waals surface area contributed by atoms with E-state index in [0.29, 0.717) is 6.61 Å². The molecule has 5 atom stereocenters. The highest BCUT2D eigenvalue weighted by Crippen LogP contribution is 2.36. The van der Waals surface area contributed by atoms with Crippen LogP contribution < -0.4 is 4.74 Å². The molecule has 0 aliphatic carbocycles. The topological polar surface area (TPSA) is 99.4 Å². The number of aryl methyl sites for hydroxylation is 1. The Hall–Kier alpha value is -1.61. The van der Waals surface area contributed by atoms with Crippen LogP contribution in [0.25, 0.3) is 0 Å². The van der Waals surface area contributed by atoms with E-state index in [0.717, 1.165) is 53.7 Å². The second-order valence-electron chi connectivity index (χ2n) is 10.3. The summed E-state index contributed by atoms with van der Waals surface area (Å²) in [4.78, 5) is 0. The first-order chi connectivity index (χ1) is 16.6. The minimum atomic E-state index is -1.26. The summed E-state index contributed by atoms with van der Waals surface area (Å²) < 4.78 is 11.8. The van der Waals surface area contributed by atoms with Gasteiger partial charge in [-0.25, -0.2) is 0 Å². The summed E-state index contributed by atoms with van der Waals surface area (Å²) in [5, 5.41) is 40.3. The Kier molecular flexibility index (Phi) is 10.0. The van der Waals surface area contributed by atoms with Crippen LogP contribution in [-0.4, -0.2) is 63.6 Å². The zero-order chi connectivity index (χ0) is 25.6. The molecule has 0 aromatic heterocycles. The highest BCUT2D eigenvalue weighted by Gasteiger charge is 2.44. The number of aliphatic hydroxyl groups excluding tert-OH is 4. The molecule has 35 heavy (non-hydrogen) atoms. The number of hydrogen-bond acceptors (Lipinski definition) is 7. The first-order valence-corrected chi connectivity index (χ1v) is 13.6. The Balaban J connectivity index is 1.60. The van der Waals surface area contributed by atoms with Crippen molar-refractivity contribution in [3.8, 4) is 5.75 Å². The molecule has 1 aliphatic rings. The molecule has 194 valence electrons. The largest absolute Gasteiger partial charge is 0.494 e. The minimum Gasteiger partial charge on any atom is -0.494 e. The lowest BCUT2D eigenvalue weighted by Crippen LogP contribution is -2.52. The van der Waals surface area contributed by atoms with E-state index in [1.165, 1.54) is 11.8 Å². The Labute approximate surface area is 213 Å². The van der Waals surface area contributed by atoms with E-state index >= 15 is 0 Å². The fourth-order valence-electron chi connectivity index (χ4n) is 4.28. The van der Waals surface area contributed by atoms with Gasteiger partial charge in [0.1, 0.15) is 35.6 Å². The number of ether oxygens (including phenoxy) is 2. The van der Waals surface area contributed by atoms with E-state index in [9.17, 15) is 20.4 Å². The fraction of sp³-hybridized carbons (Fsp3) is 0.571. The van der Waals surface area contributed by atoms with Crippen molar-refractivity contribution in [3.63, 3.8) is 0 Å². The molecule has 6 nitrogen and oxygen atoms in total. The van der Waals surface area contributed by atoms with Crippen molar-refractivity contribution in [2.24, 2.45) is 5.41 Å². The molecule has 3 rings (SSSR count).